The van der Waals surface area contributed by atoms with Crippen molar-refractivity contribution in [3.05, 3.63) is 24.3 Å². The second-order valence-corrected chi connectivity index (χ2v) is 15.9. The fourth-order valence-corrected chi connectivity index (χ4v) is 6.66. The van der Waals surface area contributed by atoms with Gasteiger partial charge in [-0.05, 0) is 71.3 Å². The van der Waals surface area contributed by atoms with Crippen LogP contribution in [0.3, 0.4) is 0 Å². The molecule has 0 aliphatic carbocycles. The summed E-state index contributed by atoms with van der Waals surface area (Å²) < 4.78 is 11.3. The molecule has 1 saturated heterocycles. The van der Waals surface area contributed by atoms with Crippen molar-refractivity contribution in [3.8, 4) is 0 Å². The summed E-state index contributed by atoms with van der Waals surface area (Å²) in [6, 6.07) is 0.370. The van der Waals surface area contributed by atoms with Crippen LogP contribution in [-0.2, 0) is 14.3 Å². The van der Waals surface area contributed by atoms with Gasteiger partial charge in [0.05, 0.1) is 67.1 Å². The molecule has 1 heterocycles. The molecular formula is C40H75NO15. The number of rotatable bonds is 30. The zero-order chi connectivity index (χ0) is 42.5. The van der Waals surface area contributed by atoms with Crippen LogP contribution < -0.4 is 5.32 Å². The highest BCUT2D eigenvalue weighted by molar-refractivity contribution is 5.81. The maximum atomic E-state index is 12.9. The van der Waals surface area contributed by atoms with Crippen LogP contribution in [0.4, 0.5) is 0 Å². The molecule has 1 fully saturated rings. The van der Waals surface area contributed by atoms with Crippen LogP contribution >= 0.6 is 0 Å². The van der Waals surface area contributed by atoms with E-state index in [1.54, 1.807) is 19.9 Å². The molecule has 16 heteroatoms. The molecule has 56 heavy (non-hydrogen) atoms. The van der Waals surface area contributed by atoms with E-state index in [1.165, 1.54) is 25.2 Å². The lowest BCUT2D eigenvalue weighted by Crippen LogP contribution is -2.58. The van der Waals surface area contributed by atoms with Gasteiger partial charge in [-0.25, -0.2) is 0 Å². The number of aliphatic hydroxyl groups excluding tert-OH is 12. The van der Waals surface area contributed by atoms with E-state index >= 15 is 0 Å². The number of ether oxygens (including phenoxy) is 2. The first-order chi connectivity index (χ1) is 26.2. The van der Waals surface area contributed by atoms with Gasteiger partial charge >= 0.3 is 0 Å². The van der Waals surface area contributed by atoms with Crippen molar-refractivity contribution in [3.63, 3.8) is 0 Å². The second-order valence-electron chi connectivity index (χ2n) is 15.9. The van der Waals surface area contributed by atoms with E-state index in [0.717, 1.165) is 13.0 Å². The number of carbonyl (C=O) groups is 1. The third-order valence-electron chi connectivity index (χ3n) is 10.0. The standard InChI is InChI=1S/C40H75NO15/c1-6-36(56-40-39(54)38(53)37(52)25(5)55-40)24(4)35(51)22-34(50)21-33(49)19-29(45)13-8-12-28(44)18-32(48)20-31(47)17-27(43)11-7-10-26(42)16-30(46)14-9-15-41-23(2)3/h7-8,11,13,23-34,36-50,52-54H,6,9-10,12,14-22H2,1-5H3/b11-7+,13-8+. The van der Waals surface area contributed by atoms with Gasteiger partial charge in [-0.2, -0.15) is 0 Å². The van der Waals surface area contributed by atoms with Crippen LogP contribution in [0.15, 0.2) is 24.3 Å². The molecule has 1 aliphatic heterocycles. The Morgan fingerprint density at radius 2 is 1.16 bits per heavy atom. The van der Waals surface area contributed by atoms with E-state index in [9.17, 15) is 66.1 Å². The van der Waals surface area contributed by atoms with Crippen molar-refractivity contribution >= 4 is 5.78 Å². The molecule has 16 unspecified atom stereocenters. The smallest absolute Gasteiger partial charge is 0.186 e. The topological polar surface area (TPSA) is 290 Å². The molecule has 16 atom stereocenters. The number of carbonyl (C=O) groups excluding carboxylic acids is 1. The molecule has 1 rings (SSSR count). The van der Waals surface area contributed by atoms with E-state index < -0.39 is 97.7 Å². The van der Waals surface area contributed by atoms with E-state index in [2.05, 4.69) is 5.32 Å². The third-order valence-corrected chi connectivity index (χ3v) is 10.0. The van der Waals surface area contributed by atoms with Gasteiger partial charge in [0, 0.05) is 31.2 Å². The van der Waals surface area contributed by atoms with Crippen molar-refractivity contribution in [2.45, 2.75) is 209 Å². The van der Waals surface area contributed by atoms with Gasteiger partial charge < -0.3 is 76.1 Å². The minimum absolute atomic E-state index is 0.0618. The van der Waals surface area contributed by atoms with E-state index in [-0.39, 0.29) is 63.6 Å². The molecule has 1 aliphatic rings. The Bertz CT molecular complexity index is 1100. The molecule has 0 aromatic heterocycles. The van der Waals surface area contributed by atoms with Crippen molar-refractivity contribution < 1.29 is 75.5 Å². The summed E-state index contributed by atoms with van der Waals surface area (Å²) in [4.78, 5) is 12.9. The first-order valence-corrected chi connectivity index (χ1v) is 20.3. The van der Waals surface area contributed by atoms with Gasteiger partial charge in [0.15, 0.2) is 6.29 Å². The quantitative estimate of drug-likeness (QED) is 0.0321. The normalized spacial score (nSPS) is 26.8. The van der Waals surface area contributed by atoms with Gasteiger partial charge in [-0.3, -0.25) is 4.79 Å². The first kappa shape index (κ1) is 52.6. The van der Waals surface area contributed by atoms with Crippen LogP contribution in [0.5, 0.6) is 0 Å². The van der Waals surface area contributed by atoms with Crippen LogP contribution in [0, 0.1) is 5.92 Å². The first-order valence-electron chi connectivity index (χ1n) is 20.3. The van der Waals surface area contributed by atoms with Gasteiger partial charge in [-0.15, -0.1) is 0 Å². The van der Waals surface area contributed by atoms with Crippen molar-refractivity contribution in [1.82, 2.24) is 5.32 Å². The number of Topliss-reactive ketones (excluding diaryl/α,β-unsaturated/α-hetero) is 1. The van der Waals surface area contributed by atoms with E-state index in [1.807, 2.05) is 13.8 Å². The van der Waals surface area contributed by atoms with Crippen LogP contribution in [0.2, 0.25) is 0 Å². The van der Waals surface area contributed by atoms with Gasteiger partial charge in [0.1, 0.15) is 24.1 Å². The summed E-state index contributed by atoms with van der Waals surface area (Å²) in [7, 11) is 0. The zero-order valence-electron chi connectivity index (χ0n) is 33.9. The van der Waals surface area contributed by atoms with Gasteiger partial charge in [-0.1, -0.05) is 52.0 Å². The predicted octanol–water partition coefficient (Wildman–Crippen LogP) is -0.536. The fourth-order valence-electron chi connectivity index (χ4n) is 6.66. The summed E-state index contributed by atoms with van der Waals surface area (Å²) in [6.45, 7) is 9.74. The minimum Gasteiger partial charge on any atom is -0.393 e. The summed E-state index contributed by atoms with van der Waals surface area (Å²) in [5.41, 5.74) is 0. The molecule has 0 bridgehead atoms. The number of aliphatic hydroxyl groups is 12. The van der Waals surface area contributed by atoms with Gasteiger partial charge in [0.25, 0.3) is 0 Å². The molecule has 0 saturated carbocycles. The summed E-state index contributed by atoms with van der Waals surface area (Å²) in [5, 5.41) is 126. The maximum absolute atomic E-state index is 12.9. The Labute approximate surface area is 332 Å². The molecule has 0 aromatic rings. The molecule has 16 nitrogen and oxygen atoms in total. The molecule has 0 aromatic carbocycles. The molecule has 0 amide bonds. The van der Waals surface area contributed by atoms with E-state index in [4.69, 9.17) is 9.47 Å². The lowest BCUT2D eigenvalue weighted by molar-refractivity contribution is -0.306. The zero-order valence-corrected chi connectivity index (χ0v) is 33.9. The third kappa shape index (κ3) is 22.1. The lowest BCUT2D eigenvalue weighted by Gasteiger charge is -2.40. The average Bonchev–Trinajstić information content (AvgIpc) is 3.09. The summed E-state index contributed by atoms with van der Waals surface area (Å²) in [6.07, 6.45) is -8.95. The molecular weight excluding hydrogens is 734 g/mol. The second kappa shape index (κ2) is 28.1. The minimum atomic E-state index is -1.53. The Morgan fingerprint density at radius 1 is 0.679 bits per heavy atom. The highest BCUT2D eigenvalue weighted by Gasteiger charge is 2.44. The lowest BCUT2D eigenvalue weighted by atomic mass is 9.91. The predicted molar refractivity (Wildman–Crippen MR) is 208 cm³/mol. The van der Waals surface area contributed by atoms with Crippen molar-refractivity contribution in [2.75, 3.05) is 6.54 Å². The van der Waals surface area contributed by atoms with Crippen LogP contribution in [0.1, 0.15) is 112 Å². The highest BCUT2D eigenvalue weighted by Crippen LogP contribution is 2.26. The van der Waals surface area contributed by atoms with Gasteiger partial charge in [0.2, 0.25) is 0 Å². The van der Waals surface area contributed by atoms with Crippen molar-refractivity contribution in [1.29, 1.82) is 0 Å². The maximum Gasteiger partial charge on any atom is 0.186 e. The van der Waals surface area contributed by atoms with E-state index in [0.29, 0.717) is 18.9 Å². The molecule has 13 N–H and O–H groups in total. The molecule has 0 radical (unpaired) electrons. The largest absolute Gasteiger partial charge is 0.393 e. The number of ketones is 1. The average molecular weight is 810 g/mol. The summed E-state index contributed by atoms with van der Waals surface area (Å²) >= 11 is 0. The van der Waals surface area contributed by atoms with Crippen LogP contribution in [0.25, 0.3) is 0 Å². The Morgan fingerprint density at radius 3 is 1.68 bits per heavy atom. The molecule has 330 valence electrons. The van der Waals surface area contributed by atoms with Crippen molar-refractivity contribution in [2.24, 2.45) is 5.92 Å². The summed E-state index contributed by atoms with van der Waals surface area (Å²) in [5.74, 6) is -1.10. The SMILES string of the molecule is CCC(OC1OC(C)C(O)C(O)C1O)C(C)C(=O)CC(O)CC(O)CC(O)/C=C/CC(O)CC(O)CC(O)CC(O)/C=C/CC(O)CC(O)CCCNC(C)C. The Kier molecular flexibility index (Phi) is 26.4. The Hall–Kier alpha value is -1.45. The number of hydrogen-bond donors (Lipinski definition) is 13. The Balaban J connectivity index is 2.35. The fraction of sp³-hybridized carbons (Fsp3) is 0.875. The highest BCUT2D eigenvalue weighted by atomic mass is 16.7. The number of nitrogens with one attached hydrogen (secondary N) is 1. The number of hydrogen-bond acceptors (Lipinski definition) is 16. The molecule has 0 spiro atoms. The monoisotopic (exact) mass is 810 g/mol. The van der Waals surface area contributed by atoms with Crippen LogP contribution in [-0.4, -0.2) is 171 Å².